The van der Waals surface area contributed by atoms with E-state index in [1.807, 2.05) is 45.9 Å². The standard InChI is InChI=1S/C18H20BrN3O2/c1-11-5-6-13(10-14(11)19)21-17(24)15-9-12(7-8-20-15)16(23)22-18(2,3)4/h5-10H,1-4H3,(H,21,24)(H,22,23). The molecule has 0 spiro atoms. The van der Waals surface area contributed by atoms with Crippen LogP contribution in [0.1, 0.15) is 47.2 Å². The Kier molecular flexibility index (Phi) is 5.39. The highest BCUT2D eigenvalue weighted by Crippen LogP contribution is 2.21. The topological polar surface area (TPSA) is 71.1 Å². The van der Waals surface area contributed by atoms with Crippen molar-refractivity contribution < 1.29 is 9.59 Å². The average Bonchev–Trinajstić information content (AvgIpc) is 2.49. The molecule has 0 saturated heterocycles. The summed E-state index contributed by atoms with van der Waals surface area (Å²) in [4.78, 5) is 28.6. The lowest BCUT2D eigenvalue weighted by Crippen LogP contribution is -2.40. The Morgan fingerprint density at radius 3 is 2.42 bits per heavy atom. The average molecular weight is 390 g/mol. The zero-order valence-corrected chi connectivity index (χ0v) is 15.7. The number of nitrogens with zero attached hydrogens (tertiary/aromatic N) is 1. The number of nitrogens with one attached hydrogen (secondary N) is 2. The quantitative estimate of drug-likeness (QED) is 0.834. The van der Waals surface area contributed by atoms with E-state index in [0.717, 1.165) is 10.0 Å². The Bertz CT molecular complexity index is 782. The Morgan fingerprint density at radius 2 is 1.79 bits per heavy atom. The minimum atomic E-state index is -0.365. The smallest absolute Gasteiger partial charge is 0.274 e. The predicted octanol–water partition coefficient (Wildman–Crippen LogP) is 3.93. The number of rotatable bonds is 3. The number of carbonyl (C=O) groups is 2. The van der Waals surface area contributed by atoms with Crippen LogP contribution < -0.4 is 10.6 Å². The van der Waals surface area contributed by atoms with E-state index in [1.54, 1.807) is 6.07 Å². The van der Waals surface area contributed by atoms with E-state index in [1.165, 1.54) is 12.3 Å². The lowest BCUT2D eigenvalue weighted by Gasteiger charge is -2.20. The molecule has 0 saturated carbocycles. The zero-order valence-electron chi connectivity index (χ0n) is 14.1. The first-order chi connectivity index (χ1) is 11.2. The molecule has 0 radical (unpaired) electrons. The minimum Gasteiger partial charge on any atom is -0.347 e. The Balaban J connectivity index is 2.16. The van der Waals surface area contributed by atoms with Crippen molar-refractivity contribution in [3.8, 4) is 0 Å². The van der Waals surface area contributed by atoms with E-state index in [2.05, 4.69) is 31.5 Å². The first kappa shape index (κ1) is 18.1. The maximum Gasteiger partial charge on any atom is 0.274 e. The first-order valence-electron chi connectivity index (χ1n) is 7.52. The maximum absolute atomic E-state index is 12.3. The Labute approximate surface area is 150 Å². The summed E-state index contributed by atoms with van der Waals surface area (Å²) in [6.45, 7) is 7.66. The van der Waals surface area contributed by atoms with Crippen LogP contribution in [-0.4, -0.2) is 22.3 Å². The van der Waals surface area contributed by atoms with Crippen LogP contribution in [0.5, 0.6) is 0 Å². The number of benzene rings is 1. The molecule has 2 amide bonds. The van der Waals surface area contributed by atoms with Crippen molar-refractivity contribution in [3.05, 3.63) is 57.8 Å². The fraction of sp³-hybridized carbons (Fsp3) is 0.278. The molecule has 2 N–H and O–H groups in total. The van der Waals surface area contributed by atoms with Gasteiger partial charge in [0.2, 0.25) is 0 Å². The number of anilines is 1. The molecule has 6 heteroatoms. The predicted molar refractivity (Wildman–Crippen MR) is 98.3 cm³/mol. The zero-order chi connectivity index (χ0) is 17.9. The molecule has 0 aliphatic carbocycles. The van der Waals surface area contributed by atoms with E-state index < -0.39 is 0 Å². The highest BCUT2D eigenvalue weighted by Gasteiger charge is 2.17. The molecule has 2 rings (SSSR count). The number of carbonyl (C=O) groups excluding carboxylic acids is 2. The second-order valence-corrected chi connectivity index (χ2v) is 7.41. The fourth-order valence-electron chi connectivity index (χ4n) is 1.97. The monoisotopic (exact) mass is 389 g/mol. The van der Waals surface area contributed by atoms with Crippen molar-refractivity contribution in [2.75, 3.05) is 5.32 Å². The van der Waals surface area contributed by atoms with Gasteiger partial charge in [-0.05, 0) is 57.5 Å². The van der Waals surface area contributed by atoms with Crippen LogP contribution in [-0.2, 0) is 0 Å². The molecule has 0 bridgehead atoms. The van der Waals surface area contributed by atoms with Crippen molar-refractivity contribution in [3.63, 3.8) is 0 Å². The van der Waals surface area contributed by atoms with E-state index in [9.17, 15) is 9.59 Å². The first-order valence-corrected chi connectivity index (χ1v) is 8.31. The van der Waals surface area contributed by atoms with Gasteiger partial charge in [0.25, 0.3) is 11.8 Å². The fourth-order valence-corrected chi connectivity index (χ4v) is 2.35. The minimum absolute atomic E-state index is 0.188. The molecule has 1 heterocycles. The van der Waals surface area contributed by atoms with E-state index in [-0.39, 0.29) is 23.0 Å². The number of halogens is 1. The molecule has 0 aliphatic rings. The van der Waals surface area contributed by atoms with Gasteiger partial charge in [0.05, 0.1) is 0 Å². The van der Waals surface area contributed by atoms with Gasteiger partial charge in [-0.1, -0.05) is 22.0 Å². The molecule has 1 aromatic carbocycles. The third-order valence-electron chi connectivity index (χ3n) is 3.17. The van der Waals surface area contributed by atoms with Gasteiger partial charge in [-0.2, -0.15) is 0 Å². The van der Waals surface area contributed by atoms with Crippen molar-refractivity contribution in [2.24, 2.45) is 0 Å². The third-order valence-corrected chi connectivity index (χ3v) is 4.03. The number of hydrogen-bond donors (Lipinski definition) is 2. The summed E-state index contributed by atoms with van der Waals surface area (Å²) in [6, 6.07) is 8.61. The molecular formula is C18H20BrN3O2. The number of aromatic nitrogens is 1. The van der Waals surface area contributed by atoms with Gasteiger partial charge >= 0.3 is 0 Å². The van der Waals surface area contributed by atoms with Crippen LogP contribution >= 0.6 is 15.9 Å². The summed E-state index contributed by atoms with van der Waals surface area (Å²) in [6.07, 6.45) is 1.46. The van der Waals surface area contributed by atoms with Gasteiger partial charge in [-0.15, -0.1) is 0 Å². The summed E-state index contributed by atoms with van der Waals surface area (Å²) in [7, 11) is 0. The summed E-state index contributed by atoms with van der Waals surface area (Å²) in [5, 5.41) is 5.64. The molecule has 0 aliphatic heterocycles. The largest absolute Gasteiger partial charge is 0.347 e. The summed E-state index contributed by atoms with van der Waals surface area (Å²) >= 11 is 3.43. The molecule has 2 aromatic rings. The van der Waals surface area contributed by atoms with Crippen molar-refractivity contribution in [1.82, 2.24) is 10.3 Å². The SMILES string of the molecule is Cc1ccc(NC(=O)c2cc(C(=O)NC(C)(C)C)ccn2)cc1Br. The van der Waals surface area contributed by atoms with Crippen LogP contribution in [0.25, 0.3) is 0 Å². The highest BCUT2D eigenvalue weighted by molar-refractivity contribution is 9.10. The van der Waals surface area contributed by atoms with Crippen LogP contribution in [0.15, 0.2) is 41.0 Å². The van der Waals surface area contributed by atoms with E-state index >= 15 is 0 Å². The number of hydrogen-bond acceptors (Lipinski definition) is 3. The molecule has 1 aromatic heterocycles. The normalized spacial score (nSPS) is 11.0. The second-order valence-electron chi connectivity index (χ2n) is 6.55. The summed E-state index contributed by atoms with van der Waals surface area (Å²) in [5.74, 6) is -0.604. The van der Waals surface area contributed by atoms with Gasteiger partial charge in [-0.25, -0.2) is 0 Å². The van der Waals surface area contributed by atoms with Gasteiger partial charge in [-0.3, -0.25) is 14.6 Å². The molecule has 0 unspecified atom stereocenters. The Morgan fingerprint density at radius 1 is 1.08 bits per heavy atom. The van der Waals surface area contributed by atoms with Crippen LogP contribution in [0.4, 0.5) is 5.69 Å². The van der Waals surface area contributed by atoms with Crippen molar-refractivity contribution in [2.45, 2.75) is 33.2 Å². The molecule has 0 fully saturated rings. The van der Waals surface area contributed by atoms with Crippen LogP contribution in [0, 0.1) is 6.92 Å². The van der Waals surface area contributed by atoms with E-state index in [4.69, 9.17) is 0 Å². The number of amides is 2. The Hall–Kier alpha value is -2.21. The van der Waals surface area contributed by atoms with Gasteiger partial charge in [0, 0.05) is 27.5 Å². The van der Waals surface area contributed by atoms with Gasteiger partial charge in [0.1, 0.15) is 5.69 Å². The van der Waals surface area contributed by atoms with Gasteiger partial charge < -0.3 is 10.6 Å². The lowest BCUT2D eigenvalue weighted by molar-refractivity contribution is 0.0919. The molecule has 24 heavy (non-hydrogen) atoms. The maximum atomic E-state index is 12.3. The van der Waals surface area contributed by atoms with Crippen molar-refractivity contribution >= 4 is 33.4 Å². The van der Waals surface area contributed by atoms with Crippen LogP contribution in [0.2, 0.25) is 0 Å². The van der Waals surface area contributed by atoms with E-state index in [0.29, 0.717) is 11.3 Å². The van der Waals surface area contributed by atoms with Gasteiger partial charge in [0.15, 0.2) is 0 Å². The summed E-state index contributed by atoms with van der Waals surface area (Å²) in [5.41, 5.74) is 1.97. The number of pyridine rings is 1. The summed E-state index contributed by atoms with van der Waals surface area (Å²) < 4.78 is 0.909. The molecular weight excluding hydrogens is 370 g/mol. The molecule has 0 atom stereocenters. The molecule has 126 valence electrons. The second kappa shape index (κ2) is 7.13. The molecule has 5 nitrogen and oxygen atoms in total. The van der Waals surface area contributed by atoms with Crippen LogP contribution in [0.3, 0.4) is 0 Å². The van der Waals surface area contributed by atoms with Crippen molar-refractivity contribution in [1.29, 1.82) is 0 Å². The lowest BCUT2D eigenvalue weighted by atomic mass is 10.1. The number of aryl methyl sites for hydroxylation is 1. The highest BCUT2D eigenvalue weighted by atomic mass is 79.9. The third kappa shape index (κ3) is 4.89.